The van der Waals surface area contributed by atoms with Gasteiger partial charge in [0, 0.05) is 10.7 Å². The van der Waals surface area contributed by atoms with E-state index in [-0.39, 0.29) is 5.82 Å². The smallest absolute Gasteiger partial charge is 0.318 e. The summed E-state index contributed by atoms with van der Waals surface area (Å²) in [5.74, 6) is -2.18. The van der Waals surface area contributed by atoms with E-state index in [0.29, 0.717) is 16.3 Å². The molecule has 0 aliphatic carbocycles. The summed E-state index contributed by atoms with van der Waals surface area (Å²) >= 11 is 5.94. The van der Waals surface area contributed by atoms with Crippen LogP contribution < -0.4 is 10.7 Å². The summed E-state index contributed by atoms with van der Waals surface area (Å²) in [6, 6.07) is 10.4. The summed E-state index contributed by atoms with van der Waals surface area (Å²) in [7, 11) is 0. The summed E-state index contributed by atoms with van der Waals surface area (Å²) in [5, 5.41) is 6.52. The maximum absolute atomic E-state index is 12.7. The number of hydrogen-bond donors (Lipinski definition) is 2. The third kappa shape index (κ3) is 4.89. The van der Waals surface area contributed by atoms with Crippen molar-refractivity contribution in [3.63, 3.8) is 0 Å². The quantitative estimate of drug-likeness (QED) is 0.515. The Morgan fingerprint density at radius 3 is 2.48 bits per heavy atom. The van der Waals surface area contributed by atoms with Gasteiger partial charge in [0.1, 0.15) is 5.82 Å². The van der Waals surface area contributed by atoms with E-state index < -0.39 is 11.8 Å². The van der Waals surface area contributed by atoms with Crippen LogP contribution in [0.3, 0.4) is 0 Å². The minimum atomic E-state index is -0.931. The molecule has 2 aromatic carbocycles. The molecule has 2 N–H and O–H groups in total. The molecular formula is C16H13ClFN3O2. The molecule has 0 heterocycles. The molecule has 7 heteroatoms. The topological polar surface area (TPSA) is 70.6 Å². The molecule has 0 saturated carbocycles. The van der Waals surface area contributed by atoms with Crippen molar-refractivity contribution in [3.8, 4) is 0 Å². The number of nitrogens with zero attached hydrogens (tertiary/aromatic N) is 1. The van der Waals surface area contributed by atoms with Crippen molar-refractivity contribution in [1.82, 2.24) is 5.43 Å². The number of aryl methyl sites for hydroxylation is 1. The molecule has 0 aliphatic heterocycles. The maximum atomic E-state index is 12.7. The normalized spacial score (nSPS) is 10.6. The van der Waals surface area contributed by atoms with E-state index >= 15 is 0 Å². The molecule has 0 spiro atoms. The van der Waals surface area contributed by atoms with Crippen molar-refractivity contribution >= 4 is 35.3 Å². The first-order chi connectivity index (χ1) is 11.0. The Balaban J connectivity index is 1.90. The van der Waals surface area contributed by atoms with Crippen LogP contribution in [0.4, 0.5) is 10.1 Å². The second-order valence-electron chi connectivity index (χ2n) is 4.67. The van der Waals surface area contributed by atoms with Crippen LogP contribution in [-0.4, -0.2) is 18.0 Å². The number of rotatable bonds is 3. The standard InChI is InChI=1S/C16H13ClFN3O2/c1-10-2-7-13(8-14(10)17)20-15(22)16(23)21-19-9-11-3-5-12(18)6-4-11/h2-9H,1H3,(H,20,22)(H,21,23)/b19-9-. The zero-order valence-electron chi connectivity index (χ0n) is 12.1. The molecule has 2 aromatic rings. The van der Waals surface area contributed by atoms with Gasteiger partial charge in [-0.05, 0) is 42.3 Å². The Morgan fingerprint density at radius 2 is 1.83 bits per heavy atom. The lowest BCUT2D eigenvalue weighted by Gasteiger charge is -2.05. The van der Waals surface area contributed by atoms with E-state index in [1.54, 1.807) is 18.2 Å². The van der Waals surface area contributed by atoms with Gasteiger partial charge in [-0.2, -0.15) is 5.10 Å². The minimum Gasteiger partial charge on any atom is -0.318 e. The fourth-order valence-corrected chi connectivity index (χ4v) is 1.80. The lowest BCUT2D eigenvalue weighted by molar-refractivity contribution is -0.136. The van der Waals surface area contributed by atoms with Gasteiger partial charge in [-0.3, -0.25) is 9.59 Å². The van der Waals surface area contributed by atoms with Gasteiger partial charge in [0.15, 0.2) is 0 Å². The molecule has 0 aliphatic rings. The zero-order valence-corrected chi connectivity index (χ0v) is 12.9. The number of hydrogen-bond acceptors (Lipinski definition) is 3. The summed E-state index contributed by atoms with van der Waals surface area (Å²) in [6.07, 6.45) is 1.30. The van der Waals surface area contributed by atoms with Crippen LogP contribution >= 0.6 is 11.6 Å². The van der Waals surface area contributed by atoms with E-state index in [2.05, 4.69) is 15.8 Å². The Labute approximate surface area is 137 Å². The largest absolute Gasteiger partial charge is 0.329 e. The van der Waals surface area contributed by atoms with Gasteiger partial charge in [-0.25, -0.2) is 9.82 Å². The van der Waals surface area contributed by atoms with Crippen molar-refractivity contribution in [1.29, 1.82) is 0 Å². The van der Waals surface area contributed by atoms with Crippen LogP contribution in [0.1, 0.15) is 11.1 Å². The molecular weight excluding hydrogens is 321 g/mol. The summed E-state index contributed by atoms with van der Waals surface area (Å²) < 4.78 is 12.7. The second-order valence-corrected chi connectivity index (χ2v) is 5.08. The van der Waals surface area contributed by atoms with E-state index in [4.69, 9.17) is 11.6 Å². The van der Waals surface area contributed by atoms with Gasteiger partial charge >= 0.3 is 11.8 Å². The first kappa shape index (κ1) is 16.6. The molecule has 0 bridgehead atoms. The minimum absolute atomic E-state index is 0.373. The number of nitrogens with one attached hydrogen (secondary N) is 2. The number of halogens is 2. The third-order valence-electron chi connectivity index (χ3n) is 2.89. The Hall–Kier alpha value is -2.73. The molecule has 0 unspecified atom stereocenters. The van der Waals surface area contributed by atoms with Gasteiger partial charge in [-0.1, -0.05) is 29.8 Å². The molecule has 5 nitrogen and oxygen atoms in total. The summed E-state index contributed by atoms with van der Waals surface area (Å²) in [5.41, 5.74) is 3.93. The lowest BCUT2D eigenvalue weighted by Crippen LogP contribution is -2.32. The number of amides is 2. The van der Waals surface area contributed by atoms with Crippen LogP contribution in [0.25, 0.3) is 0 Å². The number of hydrazone groups is 1. The summed E-state index contributed by atoms with van der Waals surface area (Å²) in [6.45, 7) is 1.82. The second kappa shape index (κ2) is 7.51. The van der Waals surface area contributed by atoms with E-state index in [1.165, 1.54) is 30.5 Å². The lowest BCUT2D eigenvalue weighted by atomic mass is 10.2. The summed E-state index contributed by atoms with van der Waals surface area (Å²) in [4.78, 5) is 23.3. The van der Waals surface area contributed by atoms with Crippen LogP contribution in [-0.2, 0) is 9.59 Å². The maximum Gasteiger partial charge on any atom is 0.329 e. The highest BCUT2D eigenvalue weighted by Gasteiger charge is 2.13. The third-order valence-corrected chi connectivity index (χ3v) is 3.29. The highest BCUT2D eigenvalue weighted by Crippen LogP contribution is 2.19. The van der Waals surface area contributed by atoms with Crippen molar-refractivity contribution in [2.45, 2.75) is 6.92 Å². The van der Waals surface area contributed by atoms with E-state index in [1.807, 2.05) is 6.92 Å². The van der Waals surface area contributed by atoms with Crippen molar-refractivity contribution in [2.75, 3.05) is 5.32 Å². The van der Waals surface area contributed by atoms with Gasteiger partial charge in [0.25, 0.3) is 0 Å². The molecule has 118 valence electrons. The highest BCUT2D eigenvalue weighted by molar-refractivity contribution is 6.39. The number of benzene rings is 2. The average molecular weight is 334 g/mol. The van der Waals surface area contributed by atoms with Crippen LogP contribution in [0.5, 0.6) is 0 Å². The Kier molecular flexibility index (Phi) is 5.43. The predicted octanol–water partition coefficient (Wildman–Crippen LogP) is 2.88. The first-order valence-electron chi connectivity index (χ1n) is 6.62. The van der Waals surface area contributed by atoms with E-state index in [0.717, 1.165) is 5.56 Å². The van der Waals surface area contributed by atoms with Gasteiger partial charge in [0.2, 0.25) is 0 Å². The molecule has 0 saturated heterocycles. The van der Waals surface area contributed by atoms with Crippen molar-refractivity contribution < 1.29 is 14.0 Å². The number of carbonyl (C=O) groups excluding carboxylic acids is 2. The highest BCUT2D eigenvalue weighted by atomic mass is 35.5. The van der Waals surface area contributed by atoms with Gasteiger partial charge in [0.05, 0.1) is 6.21 Å². The molecule has 0 radical (unpaired) electrons. The first-order valence-corrected chi connectivity index (χ1v) is 6.99. The zero-order chi connectivity index (χ0) is 16.8. The molecule has 23 heavy (non-hydrogen) atoms. The fraction of sp³-hybridized carbons (Fsp3) is 0.0625. The van der Waals surface area contributed by atoms with Crippen molar-refractivity contribution in [3.05, 3.63) is 64.4 Å². The number of carbonyl (C=O) groups is 2. The van der Waals surface area contributed by atoms with Gasteiger partial charge in [-0.15, -0.1) is 0 Å². The molecule has 0 fully saturated rings. The predicted molar refractivity (Wildman–Crippen MR) is 87.0 cm³/mol. The Morgan fingerprint density at radius 1 is 1.13 bits per heavy atom. The van der Waals surface area contributed by atoms with Crippen LogP contribution in [0.2, 0.25) is 5.02 Å². The molecule has 0 aromatic heterocycles. The fourth-order valence-electron chi connectivity index (χ4n) is 1.62. The Bertz CT molecular complexity index is 760. The molecule has 2 amide bonds. The van der Waals surface area contributed by atoms with Crippen LogP contribution in [0, 0.1) is 12.7 Å². The molecule has 2 rings (SSSR count). The monoisotopic (exact) mass is 333 g/mol. The van der Waals surface area contributed by atoms with E-state index in [9.17, 15) is 14.0 Å². The average Bonchev–Trinajstić information content (AvgIpc) is 2.52. The van der Waals surface area contributed by atoms with Gasteiger partial charge < -0.3 is 5.32 Å². The van der Waals surface area contributed by atoms with Crippen LogP contribution in [0.15, 0.2) is 47.6 Å². The molecule has 0 atom stereocenters. The SMILES string of the molecule is Cc1ccc(NC(=O)C(=O)N/N=C\c2ccc(F)cc2)cc1Cl. The van der Waals surface area contributed by atoms with Crippen molar-refractivity contribution in [2.24, 2.45) is 5.10 Å². The number of anilines is 1.